The summed E-state index contributed by atoms with van der Waals surface area (Å²) < 4.78 is 36.1. The lowest BCUT2D eigenvalue weighted by Gasteiger charge is -2.21. The van der Waals surface area contributed by atoms with E-state index in [1.54, 1.807) is 17.9 Å². The maximum Gasteiger partial charge on any atom is 0.418 e. The van der Waals surface area contributed by atoms with Crippen molar-refractivity contribution in [3.63, 3.8) is 0 Å². The quantitative estimate of drug-likeness (QED) is 0.200. The predicted molar refractivity (Wildman–Crippen MR) is 76.7 cm³/mol. The first-order valence-corrected chi connectivity index (χ1v) is 7.85. The SMILES string of the molecule is CON/C=N\O.Cn1ncc2c1CN1CC2N(OS(=O)(=O)O)C1=O. The van der Waals surface area contributed by atoms with Gasteiger partial charge < -0.3 is 10.1 Å². The van der Waals surface area contributed by atoms with E-state index in [4.69, 9.17) is 9.76 Å². The van der Waals surface area contributed by atoms with Gasteiger partial charge in [-0.3, -0.25) is 19.6 Å². The molecule has 13 nitrogen and oxygen atoms in total. The van der Waals surface area contributed by atoms with E-state index in [-0.39, 0.29) is 0 Å². The molecular formula is C10H16N6O7S. The number of carbonyl (C=O) groups excluding carboxylic acids is 1. The van der Waals surface area contributed by atoms with E-state index in [2.05, 4.69) is 24.9 Å². The van der Waals surface area contributed by atoms with E-state index < -0.39 is 22.5 Å². The highest BCUT2D eigenvalue weighted by Crippen LogP contribution is 2.37. The minimum absolute atomic E-state index is 0.313. The maximum absolute atomic E-state index is 11.9. The summed E-state index contributed by atoms with van der Waals surface area (Å²) >= 11 is 0. The van der Waals surface area contributed by atoms with Gasteiger partial charge in [0, 0.05) is 12.6 Å². The number of hydrogen-bond acceptors (Lipinski definition) is 8. The van der Waals surface area contributed by atoms with Crippen LogP contribution in [0.4, 0.5) is 4.79 Å². The van der Waals surface area contributed by atoms with Crippen LogP contribution in [-0.4, -0.2) is 63.9 Å². The zero-order valence-electron chi connectivity index (χ0n) is 12.7. The molecule has 0 radical (unpaired) electrons. The van der Waals surface area contributed by atoms with Crippen LogP contribution in [0.1, 0.15) is 17.3 Å². The molecule has 0 aliphatic carbocycles. The number of urea groups is 1. The lowest BCUT2D eigenvalue weighted by Crippen LogP contribution is -2.32. The van der Waals surface area contributed by atoms with Crippen LogP contribution in [0.25, 0.3) is 0 Å². The fourth-order valence-corrected chi connectivity index (χ4v) is 2.76. The van der Waals surface area contributed by atoms with Crippen molar-refractivity contribution in [3.05, 3.63) is 17.5 Å². The van der Waals surface area contributed by atoms with Crippen molar-refractivity contribution in [2.45, 2.75) is 12.6 Å². The van der Waals surface area contributed by atoms with Crippen molar-refractivity contribution in [2.75, 3.05) is 13.7 Å². The molecule has 1 unspecified atom stereocenters. The smallest absolute Gasteiger partial charge is 0.410 e. The molecule has 2 aliphatic rings. The Bertz CT molecular complexity index is 732. The standard InChI is InChI=1S/C8H10N4O5S.C2H6N2O2/c1-10-6-3-11-4-7(5(6)2-9-10)12(8(11)13)17-18(14,15)16;1-6-4-2-3-5/h2,7H,3-4H2,1H3,(H,14,15,16);2,5H,1H3,(H,3,4). The van der Waals surface area contributed by atoms with Crippen molar-refractivity contribution in [2.24, 2.45) is 12.2 Å². The van der Waals surface area contributed by atoms with Crippen molar-refractivity contribution < 1.29 is 32.1 Å². The first-order valence-electron chi connectivity index (χ1n) is 6.48. The molecule has 1 saturated heterocycles. The Balaban J connectivity index is 0.000000301. The minimum Gasteiger partial charge on any atom is -0.410 e. The maximum atomic E-state index is 11.9. The fourth-order valence-electron chi connectivity index (χ4n) is 2.38. The molecule has 14 heteroatoms. The van der Waals surface area contributed by atoms with Crippen molar-refractivity contribution in [1.29, 1.82) is 0 Å². The second kappa shape index (κ2) is 7.00. The highest BCUT2D eigenvalue weighted by molar-refractivity contribution is 7.80. The average Bonchev–Trinajstić information content (AvgIpc) is 3.00. The van der Waals surface area contributed by atoms with Gasteiger partial charge in [0.2, 0.25) is 0 Å². The van der Waals surface area contributed by atoms with E-state index in [9.17, 15) is 13.2 Å². The van der Waals surface area contributed by atoms with Crippen molar-refractivity contribution in [1.82, 2.24) is 25.2 Å². The van der Waals surface area contributed by atoms with E-state index >= 15 is 0 Å². The highest BCUT2D eigenvalue weighted by Gasteiger charge is 2.47. The first kappa shape index (κ1) is 17.9. The summed E-state index contributed by atoms with van der Waals surface area (Å²) in [6, 6.07) is -1.16. The number of oxime groups is 1. The molecule has 0 aromatic carbocycles. The molecule has 1 atom stereocenters. The number of carbonyl (C=O) groups is 1. The van der Waals surface area contributed by atoms with Crippen LogP contribution >= 0.6 is 0 Å². The Hall–Kier alpha value is -2.42. The second-order valence-electron chi connectivity index (χ2n) is 4.74. The molecule has 0 saturated carbocycles. The first-order chi connectivity index (χ1) is 11.3. The third-order valence-electron chi connectivity index (χ3n) is 3.33. The topological polar surface area (TPSA) is 159 Å². The number of hydroxylamine groups is 3. The molecule has 134 valence electrons. The molecule has 0 spiro atoms. The van der Waals surface area contributed by atoms with E-state index in [0.717, 1.165) is 17.6 Å². The summed E-state index contributed by atoms with van der Waals surface area (Å²) in [7, 11) is -1.57. The third-order valence-corrected chi connectivity index (χ3v) is 3.68. The van der Waals surface area contributed by atoms with E-state index in [0.29, 0.717) is 18.2 Å². The summed E-state index contributed by atoms with van der Waals surface area (Å²) in [5, 5.41) is 14.9. The molecule has 1 fully saturated rings. The largest absolute Gasteiger partial charge is 0.418 e. The van der Waals surface area contributed by atoms with Gasteiger partial charge in [0.15, 0.2) is 6.34 Å². The Labute approximate surface area is 136 Å². The second-order valence-corrected chi connectivity index (χ2v) is 5.75. The van der Waals surface area contributed by atoms with Gasteiger partial charge in [-0.15, -0.1) is 4.28 Å². The Kier molecular flexibility index (Phi) is 5.23. The Morgan fingerprint density at radius 3 is 2.79 bits per heavy atom. The van der Waals surface area contributed by atoms with Gasteiger partial charge in [-0.05, 0) is 0 Å². The third kappa shape index (κ3) is 3.73. The molecular weight excluding hydrogens is 348 g/mol. The van der Waals surface area contributed by atoms with Crippen LogP contribution in [0.2, 0.25) is 0 Å². The molecule has 1 aromatic heterocycles. The number of aryl methyl sites for hydroxylation is 1. The van der Waals surface area contributed by atoms with Crippen LogP contribution in [0.3, 0.4) is 0 Å². The van der Waals surface area contributed by atoms with Crippen molar-refractivity contribution >= 4 is 22.8 Å². The fraction of sp³-hybridized carbons (Fsp3) is 0.500. The van der Waals surface area contributed by atoms with Gasteiger partial charge in [-0.25, -0.2) is 4.79 Å². The van der Waals surface area contributed by atoms with Gasteiger partial charge >= 0.3 is 16.4 Å². The van der Waals surface area contributed by atoms with Gasteiger partial charge in [0.1, 0.15) is 6.04 Å². The van der Waals surface area contributed by atoms with E-state index in [1.165, 1.54) is 12.0 Å². The summed E-state index contributed by atoms with van der Waals surface area (Å²) in [6.45, 7) is 0.652. The van der Waals surface area contributed by atoms with Crippen LogP contribution in [0.15, 0.2) is 11.4 Å². The molecule has 2 aliphatic heterocycles. The molecule has 24 heavy (non-hydrogen) atoms. The lowest BCUT2D eigenvalue weighted by atomic mass is 10.1. The number of rotatable bonds is 4. The number of amides is 2. The monoisotopic (exact) mass is 364 g/mol. The van der Waals surface area contributed by atoms with E-state index in [1.807, 2.05) is 0 Å². The van der Waals surface area contributed by atoms with Crippen molar-refractivity contribution in [3.8, 4) is 0 Å². The molecule has 2 amide bonds. The molecule has 1 aromatic rings. The number of hydrogen-bond donors (Lipinski definition) is 3. The van der Waals surface area contributed by atoms with Crippen LogP contribution in [0.5, 0.6) is 0 Å². The predicted octanol–water partition coefficient (Wildman–Crippen LogP) is -0.998. The van der Waals surface area contributed by atoms with Gasteiger partial charge in [-0.1, -0.05) is 5.16 Å². The zero-order chi connectivity index (χ0) is 17.9. The Morgan fingerprint density at radius 1 is 1.54 bits per heavy atom. The van der Waals surface area contributed by atoms with Crippen LogP contribution in [-0.2, 0) is 33.1 Å². The van der Waals surface area contributed by atoms with Gasteiger partial charge in [-0.2, -0.15) is 18.6 Å². The summed E-state index contributed by atoms with van der Waals surface area (Å²) in [4.78, 5) is 17.5. The molecule has 3 heterocycles. The summed E-state index contributed by atoms with van der Waals surface area (Å²) in [5.74, 6) is 0. The Morgan fingerprint density at radius 2 is 2.25 bits per heavy atom. The number of nitrogens with one attached hydrogen (secondary N) is 1. The van der Waals surface area contributed by atoms with Gasteiger partial charge in [0.05, 0.1) is 32.1 Å². The summed E-state index contributed by atoms with van der Waals surface area (Å²) in [5.41, 5.74) is 3.70. The lowest BCUT2D eigenvalue weighted by molar-refractivity contribution is -0.0316. The molecule has 3 N–H and O–H groups in total. The van der Waals surface area contributed by atoms with Gasteiger partial charge in [0.25, 0.3) is 0 Å². The van der Waals surface area contributed by atoms with Crippen LogP contribution < -0.4 is 5.48 Å². The minimum atomic E-state index is -4.72. The molecule has 2 bridgehead atoms. The average molecular weight is 364 g/mol. The normalized spacial score (nSPS) is 19.3. The molecule has 3 rings (SSSR count). The number of nitrogens with zero attached hydrogens (tertiary/aromatic N) is 5. The zero-order valence-corrected chi connectivity index (χ0v) is 13.5. The van der Waals surface area contributed by atoms with Crippen LogP contribution in [0, 0.1) is 0 Å². The summed E-state index contributed by atoms with van der Waals surface area (Å²) in [6.07, 6.45) is 2.58. The number of aromatic nitrogens is 2. The highest BCUT2D eigenvalue weighted by atomic mass is 32.3. The number of fused-ring (bicyclic) bond motifs is 4.